The van der Waals surface area contributed by atoms with Gasteiger partial charge in [0.1, 0.15) is 5.69 Å². The normalized spacial score (nSPS) is 17.3. The molecule has 0 spiro atoms. The lowest BCUT2D eigenvalue weighted by atomic mass is 9.86. The number of ketones is 1. The first kappa shape index (κ1) is 13.8. The summed E-state index contributed by atoms with van der Waals surface area (Å²) in [5.74, 6) is 0.418. The number of nitrogens with zero attached hydrogens (tertiary/aromatic N) is 2. The van der Waals surface area contributed by atoms with Crippen LogP contribution in [0.3, 0.4) is 0 Å². The van der Waals surface area contributed by atoms with E-state index in [2.05, 4.69) is 16.5 Å². The van der Waals surface area contributed by atoms with Crippen molar-refractivity contribution in [1.82, 2.24) is 15.1 Å². The maximum absolute atomic E-state index is 13.0. The van der Waals surface area contributed by atoms with Crippen LogP contribution < -0.4 is 10.1 Å². The molecule has 110 valence electrons. The fraction of sp³-hybridized carbons (Fsp3) is 0.375. The molecule has 1 aromatic carbocycles. The van der Waals surface area contributed by atoms with Gasteiger partial charge in [-0.05, 0) is 18.1 Å². The summed E-state index contributed by atoms with van der Waals surface area (Å²) in [7, 11) is 1.57. The third kappa shape index (κ3) is 2.34. The first-order chi connectivity index (χ1) is 10.3. The highest BCUT2D eigenvalue weighted by atomic mass is 16.5. The molecule has 0 saturated heterocycles. The highest BCUT2D eigenvalue weighted by Gasteiger charge is 2.31. The molecule has 1 unspecified atom stereocenters. The van der Waals surface area contributed by atoms with Gasteiger partial charge >= 0.3 is 0 Å². The lowest BCUT2D eigenvalue weighted by Gasteiger charge is -2.25. The Balaban J connectivity index is 2.02. The molecule has 0 aliphatic carbocycles. The summed E-state index contributed by atoms with van der Waals surface area (Å²) in [5.41, 5.74) is 2.85. The van der Waals surface area contributed by atoms with E-state index >= 15 is 0 Å². The number of fused-ring (bicyclic) bond motifs is 1. The van der Waals surface area contributed by atoms with Crippen LogP contribution in [-0.4, -0.2) is 29.2 Å². The Bertz CT molecular complexity index is 642. The van der Waals surface area contributed by atoms with Gasteiger partial charge in [-0.15, -0.1) is 0 Å². The van der Waals surface area contributed by atoms with E-state index in [0.29, 0.717) is 24.5 Å². The minimum atomic E-state index is -0.189. The topological polar surface area (TPSA) is 56.2 Å². The SMILES string of the molecule is CCn1ncc(OC)c1C(=O)C1CNCc2ccccc21. The van der Waals surface area contributed by atoms with Gasteiger partial charge in [0, 0.05) is 19.6 Å². The molecule has 1 N–H and O–H groups in total. The molecule has 1 aliphatic rings. The Labute approximate surface area is 123 Å². The molecule has 2 aromatic rings. The third-order valence-electron chi connectivity index (χ3n) is 3.97. The second-order valence-corrected chi connectivity index (χ2v) is 5.12. The molecule has 21 heavy (non-hydrogen) atoms. The minimum absolute atomic E-state index is 0.0610. The summed E-state index contributed by atoms with van der Waals surface area (Å²) in [6.07, 6.45) is 1.61. The molecule has 1 atom stereocenters. The van der Waals surface area contributed by atoms with Gasteiger partial charge in [-0.2, -0.15) is 5.10 Å². The van der Waals surface area contributed by atoms with Crippen molar-refractivity contribution >= 4 is 5.78 Å². The summed E-state index contributed by atoms with van der Waals surface area (Å²) >= 11 is 0. The number of aryl methyl sites for hydroxylation is 1. The largest absolute Gasteiger partial charge is 0.493 e. The van der Waals surface area contributed by atoms with Crippen molar-refractivity contribution in [1.29, 1.82) is 0 Å². The van der Waals surface area contributed by atoms with E-state index in [1.807, 2.05) is 25.1 Å². The molecule has 5 heteroatoms. The maximum Gasteiger partial charge on any atom is 0.193 e. The summed E-state index contributed by atoms with van der Waals surface area (Å²) < 4.78 is 7.01. The molecule has 2 heterocycles. The molecular formula is C16H19N3O2. The molecule has 0 saturated carbocycles. The Morgan fingerprint density at radius 2 is 2.29 bits per heavy atom. The predicted octanol–water partition coefficient (Wildman–Crippen LogP) is 1.98. The van der Waals surface area contributed by atoms with Gasteiger partial charge in [-0.25, -0.2) is 0 Å². The van der Waals surface area contributed by atoms with Crippen LogP contribution in [0.2, 0.25) is 0 Å². The van der Waals surface area contributed by atoms with Gasteiger partial charge in [0.2, 0.25) is 0 Å². The number of benzene rings is 1. The van der Waals surface area contributed by atoms with Crippen LogP contribution in [0.15, 0.2) is 30.5 Å². The van der Waals surface area contributed by atoms with Crippen molar-refractivity contribution in [2.45, 2.75) is 25.9 Å². The molecule has 5 nitrogen and oxygen atoms in total. The van der Waals surface area contributed by atoms with Gasteiger partial charge in [-0.3, -0.25) is 9.48 Å². The van der Waals surface area contributed by atoms with Crippen molar-refractivity contribution in [3.8, 4) is 5.75 Å². The maximum atomic E-state index is 13.0. The van der Waals surface area contributed by atoms with Crippen LogP contribution in [-0.2, 0) is 13.1 Å². The van der Waals surface area contributed by atoms with Gasteiger partial charge in [0.15, 0.2) is 11.5 Å². The first-order valence-electron chi connectivity index (χ1n) is 7.18. The zero-order chi connectivity index (χ0) is 14.8. The van der Waals surface area contributed by atoms with Crippen molar-refractivity contribution in [3.63, 3.8) is 0 Å². The average molecular weight is 285 g/mol. The average Bonchev–Trinajstić information content (AvgIpc) is 2.96. The Hall–Kier alpha value is -2.14. The molecule has 1 aliphatic heterocycles. The number of rotatable bonds is 4. The van der Waals surface area contributed by atoms with Crippen molar-refractivity contribution < 1.29 is 9.53 Å². The summed E-state index contributed by atoms with van der Waals surface area (Å²) in [4.78, 5) is 13.0. The summed E-state index contributed by atoms with van der Waals surface area (Å²) in [6, 6.07) is 8.09. The molecule has 0 amide bonds. The monoisotopic (exact) mass is 285 g/mol. The lowest BCUT2D eigenvalue weighted by molar-refractivity contribution is 0.0941. The number of nitrogens with one attached hydrogen (secondary N) is 1. The zero-order valence-electron chi connectivity index (χ0n) is 12.3. The number of hydrogen-bond donors (Lipinski definition) is 1. The van der Waals surface area contributed by atoms with Gasteiger partial charge in [0.05, 0.1) is 19.2 Å². The van der Waals surface area contributed by atoms with Crippen LogP contribution in [0.1, 0.15) is 34.5 Å². The second kappa shape index (κ2) is 5.69. The highest BCUT2D eigenvalue weighted by Crippen LogP contribution is 2.30. The number of ether oxygens (including phenoxy) is 1. The van der Waals surface area contributed by atoms with E-state index in [0.717, 1.165) is 12.1 Å². The zero-order valence-corrected chi connectivity index (χ0v) is 12.3. The van der Waals surface area contributed by atoms with Crippen LogP contribution in [0.25, 0.3) is 0 Å². The van der Waals surface area contributed by atoms with Crippen molar-refractivity contribution in [3.05, 3.63) is 47.3 Å². The quantitative estimate of drug-likeness (QED) is 0.873. The number of carbonyl (C=O) groups excluding carboxylic acids is 1. The smallest absolute Gasteiger partial charge is 0.193 e. The van der Waals surface area contributed by atoms with E-state index < -0.39 is 0 Å². The summed E-state index contributed by atoms with van der Waals surface area (Å²) in [6.45, 7) is 4.07. The van der Waals surface area contributed by atoms with Crippen LogP contribution >= 0.6 is 0 Å². The van der Waals surface area contributed by atoms with Gasteiger partial charge < -0.3 is 10.1 Å². The third-order valence-corrected chi connectivity index (χ3v) is 3.97. The molecule has 0 bridgehead atoms. The van der Waals surface area contributed by atoms with E-state index in [-0.39, 0.29) is 11.7 Å². The lowest BCUT2D eigenvalue weighted by Crippen LogP contribution is -2.33. The minimum Gasteiger partial charge on any atom is -0.493 e. The van der Waals surface area contributed by atoms with E-state index in [9.17, 15) is 4.79 Å². The second-order valence-electron chi connectivity index (χ2n) is 5.12. The van der Waals surface area contributed by atoms with Gasteiger partial charge in [-0.1, -0.05) is 24.3 Å². The predicted molar refractivity (Wildman–Crippen MR) is 79.7 cm³/mol. The van der Waals surface area contributed by atoms with E-state index in [1.165, 1.54) is 5.56 Å². The Morgan fingerprint density at radius 1 is 1.48 bits per heavy atom. The molecule has 3 rings (SSSR count). The van der Waals surface area contributed by atoms with Gasteiger partial charge in [0.25, 0.3) is 0 Å². The van der Waals surface area contributed by atoms with Crippen LogP contribution in [0, 0.1) is 0 Å². The van der Waals surface area contributed by atoms with Crippen LogP contribution in [0.4, 0.5) is 0 Å². The van der Waals surface area contributed by atoms with Crippen molar-refractivity contribution in [2.75, 3.05) is 13.7 Å². The highest BCUT2D eigenvalue weighted by molar-refractivity contribution is 6.02. The fourth-order valence-corrected chi connectivity index (χ4v) is 2.90. The number of carbonyl (C=O) groups is 1. The Morgan fingerprint density at radius 3 is 3.05 bits per heavy atom. The molecule has 1 aromatic heterocycles. The molecular weight excluding hydrogens is 266 g/mol. The number of Topliss-reactive ketones (excluding diaryl/α,β-unsaturated/α-hetero) is 1. The number of methoxy groups -OCH3 is 1. The van der Waals surface area contributed by atoms with Crippen molar-refractivity contribution in [2.24, 2.45) is 0 Å². The first-order valence-corrected chi connectivity index (χ1v) is 7.18. The Kier molecular flexibility index (Phi) is 3.75. The fourth-order valence-electron chi connectivity index (χ4n) is 2.90. The van der Waals surface area contributed by atoms with E-state index in [1.54, 1.807) is 18.0 Å². The van der Waals surface area contributed by atoms with E-state index in [4.69, 9.17) is 4.74 Å². The van der Waals surface area contributed by atoms with Crippen LogP contribution in [0.5, 0.6) is 5.75 Å². The standard InChI is InChI=1S/C16H19N3O2/c1-3-19-15(14(21-2)10-18-19)16(20)13-9-17-8-11-6-4-5-7-12(11)13/h4-7,10,13,17H,3,8-9H2,1-2H3. The number of hydrogen-bond acceptors (Lipinski definition) is 4. The number of aromatic nitrogens is 2. The summed E-state index contributed by atoms with van der Waals surface area (Å²) in [5, 5.41) is 7.55. The molecule has 0 fully saturated rings. The molecule has 0 radical (unpaired) electrons.